The number of nitrogens with one attached hydrogen (secondary N) is 1. The molecule has 0 radical (unpaired) electrons. The first-order valence-electron chi connectivity index (χ1n) is 5.04. The Balaban J connectivity index is 2.41. The Morgan fingerprint density at radius 2 is 2.17 bits per heavy atom. The number of nitrogens with zero attached hydrogens (tertiary/aromatic N) is 1. The SMILES string of the molecule is O=c1ccn([C@@H]2O[C@](F)(CO)C(O)C2O)c(=O)[nH]1. The number of aliphatic hydroxyl groups excluding tert-OH is 3. The molecule has 1 saturated heterocycles. The summed E-state index contributed by atoms with van der Waals surface area (Å²) in [5.41, 5.74) is -1.60. The van der Waals surface area contributed by atoms with Gasteiger partial charge in [0.15, 0.2) is 6.23 Å². The van der Waals surface area contributed by atoms with Gasteiger partial charge in [0.05, 0.1) is 0 Å². The second-order valence-electron chi connectivity index (χ2n) is 3.91. The fourth-order valence-corrected chi connectivity index (χ4v) is 1.73. The van der Waals surface area contributed by atoms with Gasteiger partial charge in [0, 0.05) is 12.3 Å². The highest BCUT2D eigenvalue weighted by atomic mass is 19.2. The van der Waals surface area contributed by atoms with Crippen LogP contribution in [0.2, 0.25) is 0 Å². The van der Waals surface area contributed by atoms with Gasteiger partial charge < -0.3 is 20.1 Å². The average Bonchev–Trinajstić information content (AvgIpc) is 2.55. The molecular weight excluding hydrogens is 251 g/mol. The minimum Gasteiger partial charge on any atom is -0.390 e. The highest BCUT2D eigenvalue weighted by Crippen LogP contribution is 2.37. The first-order chi connectivity index (χ1) is 8.39. The number of alkyl halides is 1. The van der Waals surface area contributed by atoms with Crippen molar-refractivity contribution in [3.8, 4) is 0 Å². The number of halogens is 1. The number of aromatic amines is 1. The van der Waals surface area contributed by atoms with E-state index in [-0.39, 0.29) is 0 Å². The van der Waals surface area contributed by atoms with Gasteiger partial charge in [-0.2, -0.15) is 0 Å². The predicted octanol–water partition coefficient (Wildman–Crippen LogP) is -2.55. The highest BCUT2D eigenvalue weighted by molar-refractivity contribution is 4.96. The molecule has 0 aromatic carbocycles. The zero-order valence-electron chi connectivity index (χ0n) is 8.99. The lowest BCUT2D eigenvalue weighted by Gasteiger charge is -2.19. The summed E-state index contributed by atoms with van der Waals surface area (Å²) in [7, 11) is 0. The van der Waals surface area contributed by atoms with Crippen LogP contribution in [0.4, 0.5) is 4.39 Å². The van der Waals surface area contributed by atoms with E-state index in [9.17, 15) is 24.2 Å². The number of ether oxygens (including phenoxy) is 1. The lowest BCUT2D eigenvalue weighted by molar-refractivity contribution is -0.207. The van der Waals surface area contributed by atoms with Gasteiger partial charge in [-0.05, 0) is 0 Å². The van der Waals surface area contributed by atoms with Gasteiger partial charge in [-0.1, -0.05) is 0 Å². The molecule has 0 saturated carbocycles. The number of hydrogen-bond donors (Lipinski definition) is 4. The summed E-state index contributed by atoms with van der Waals surface area (Å²) >= 11 is 0. The molecule has 8 nitrogen and oxygen atoms in total. The van der Waals surface area contributed by atoms with Gasteiger partial charge in [-0.15, -0.1) is 0 Å². The topological polar surface area (TPSA) is 125 Å². The maximum absolute atomic E-state index is 13.8. The Labute approximate surface area is 98.9 Å². The molecule has 2 heterocycles. The Bertz CT molecular complexity index is 556. The molecule has 1 aliphatic heterocycles. The van der Waals surface area contributed by atoms with Crippen LogP contribution in [0.25, 0.3) is 0 Å². The van der Waals surface area contributed by atoms with Gasteiger partial charge in [-0.25, -0.2) is 9.18 Å². The molecule has 18 heavy (non-hydrogen) atoms. The second kappa shape index (κ2) is 4.28. The van der Waals surface area contributed by atoms with Crippen molar-refractivity contribution in [2.45, 2.75) is 24.3 Å². The Kier molecular flexibility index (Phi) is 3.07. The van der Waals surface area contributed by atoms with E-state index >= 15 is 0 Å². The molecule has 0 bridgehead atoms. The van der Waals surface area contributed by atoms with E-state index in [0.29, 0.717) is 4.57 Å². The lowest BCUT2D eigenvalue weighted by Crippen LogP contribution is -2.42. The molecule has 1 aromatic heterocycles. The van der Waals surface area contributed by atoms with Crippen LogP contribution in [0.1, 0.15) is 6.23 Å². The molecule has 1 aromatic rings. The normalized spacial score (nSPS) is 35.9. The molecule has 9 heteroatoms. The zero-order chi connectivity index (χ0) is 13.5. The maximum Gasteiger partial charge on any atom is 0.330 e. The minimum atomic E-state index is -2.86. The van der Waals surface area contributed by atoms with Crippen LogP contribution >= 0.6 is 0 Å². The Morgan fingerprint density at radius 3 is 2.67 bits per heavy atom. The smallest absolute Gasteiger partial charge is 0.330 e. The summed E-state index contributed by atoms with van der Waals surface area (Å²) in [6, 6.07) is 0.973. The molecule has 0 spiro atoms. The zero-order valence-corrected chi connectivity index (χ0v) is 8.99. The first kappa shape index (κ1) is 12.9. The van der Waals surface area contributed by atoms with Crippen molar-refractivity contribution >= 4 is 0 Å². The molecular formula is C9H11FN2O6. The quantitative estimate of drug-likeness (QED) is 0.465. The van der Waals surface area contributed by atoms with E-state index < -0.39 is 42.1 Å². The van der Waals surface area contributed by atoms with Crippen LogP contribution in [-0.2, 0) is 4.74 Å². The second-order valence-corrected chi connectivity index (χ2v) is 3.91. The third-order valence-corrected chi connectivity index (χ3v) is 2.71. The summed E-state index contributed by atoms with van der Waals surface area (Å²) in [4.78, 5) is 24.2. The number of aliphatic hydroxyl groups is 3. The molecule has 2 rings (SSSR count). The van der Waals surface area contributed by atoms with Crippen LogP contribution < -0.4 is 11.2 Å². The monoisotopic (exact) mass is 262 g/mol. The van der Waals surface area contributed by atoms with Crippen LogP contribution in [0.3, 0.4) is 0 Å². The number of rotatable bonds is 2. The van der Waals surface area contributed by atoms with Crippen molar-refractivity contribution in [2.75, 3.05) is 6.61 Å². The largest absolute Gasteiger partial charge is 0.390 e. The molecule has 0 aliphatic carbocycles. The van der Waals surface area contributed by atoms with Crippen LogP contribution in [-0.4, -0.2) is 49.5 Å². The van der Waals surface area contributed by atoms with Crippen LogP contribution in [0.5, 0.6) is 0 Å². The first-order valence-corrected chi connectivity index (χ1v) is 5.04. The van der Waals surface area contributed by atoms with Crippen molar-refractivity contribution in [3.05, 3.63) is 33.1 Å². The van der Waals surface area contributed by atoms with Crippen LogP contribution in [0.15, 0.2) is 21.9 Å². The van der Waals surface area contributed by atoms with Gasteiger partial charge in [-0.3, -0.25) is 14.3 Å². The van der Waals surface area contributed by atoms with Crippen LogP contribution in [0, 0.1) is 0 Å². The highest BCUT2D eigenvalue weighted by Gasteiger charge is 2.55. The number of hydrogen-bond acceptors (Lipinski definition) is 6. The number of aromatic nitrogens is 2. The molecule has 1 aliphatic rings. The third-order valence-electron chi connectivity index (χ3n) is 2.71. The van der Waals surface area contributed by atoms with E-state index in [1.165, 1.54) is 0 Å². The van der Waals surface area contributed by atoms with E-state index in [1.807, 2.05) is 4.98 Å². The molecule has 4 N–H and O–H groups in total. The van der Waals surface area contributed by atoms with Crippen molar-refractivity contribution in [2.24, 2.45) is 0 Å². The summed E-state index contributed by atoms with van der Waals surface area (Å²) < 4.78 is 19.1. The summed E-state index contributed by atoms with van der Waals surface area (Å²) in [5.74, 6) is -2.86. The predicted molar refractivity (Wildman–Crippen MR) is 54.4 cm³/mol. The summed E-state index contributed by atoms with van der Waals surface area (Å²) in [6.45, 7) is -1.18. The third kappa shape index (κ3) is 1.86. The minimum absolute atomic E-state index is 0.669. The average molecular weight is 262 g/mol. The van der Waals surface area contributed by atoms with Gasteiger partial charge in [0.25, 0.3) is 11.4 Å². The van der Waals surface area contributed by atoms with E-state index in [0.717, 1.165) is 12.3 Å². The fourth-order valence-electron chi connectivity index (χ4n) is 1.73. The Morgan fingerprint density at radius 1 is 1.50 bits per heavy atom. The molecule has 0 amide bonds. The van der Waals surface area contributed by atoms with E-state index in [2.05, 4.69) is 4.74 Å². The van der Waals surface area contributed by atoms with E-state index in [4.69, 9.17) is 5.11 Å². The fraction of sp³-hybridized carbons (Fsp3) is 0.556. The van der Waals surface area contributed by atoms with Crippen molar-refractivity contribution in [3.63, 3.8) is 0 Å². The molecule has 2 unspecified atom stereocenters. The molecule has 1 fully saturated rings. The van der Waals surface area contributed by atoms with E-state index in [1.54, 1.807) is 0 Å². The summed E-state index contributed by atoms with van der Waals surface area (Å²) in [6.07, 6.45) is -4.32. The Hall–Kier alpha value is -1.55. The number of H-pyrrole nitrogens is 1. The van der Waals surface area contributed by atoms with Crippen molar-refractivity contribution < 1.29 is 24.4 Å². The maximum atomic E-state index is 13.8. The van der Waals surface area contributed by atoms with Crippen molar-refractivity contribution in [1.82, 2.24) is 9.55 Å². The van der Waals surface area contributed by atoms with Crippen molar-refractivity contribution in [1.29, 1.82) is 0 Å². The summed E-state index contributed by atoms with van der Waals surface area (Å²) in [5, 5.41) is 27.8. The molecule has 100 valence electrons. The lowest BCUT2D eigenvalue weighted by atomic mass is 10.1. The van der Waals surface area contributed by atoms with Gasteiger partial charge >= 0.3 is 5.69 Å². The van der Waals surface area contributed by atoms with Gasteiger partial charge in [0.1, 0.15) is 18.8 Å². The standard InChI is InChI=1S/C9H11FN2O6/c10-9(3-13)6(16)5(15)7(18-9)12-2-1-4(14)11-8(12)17/h1-2,5-7,13,15-16H,3H2,(H,11,14,17)/t5?,6?,7-,9-/m1/s1. The molecule has 4 atom stereocenters. The van der Waals surface area contributed by atoms with Gasteiger partial charge in [0.2, 0.25) is 0 Å².